The summed E-state index contributed by atoms with van der Waals surface area (Å²) in [5, 5.41) is 2.83. The zero-order valence-corrected chi connectivity index (χ0v) is 11.2. The molecular formula is C17H14N2O2. The number of carbonyl (C=O) groups is 1. The van der Waals surface area contributed by atoms with E-state index in [9.17, 15) is 4.79 Å². The molecule has 4 nitrogen and oxygen atoms in total. The number of hydrogen-bond acceptors (Lipinski definition) is 2. The lowest BCUT2D eigenvalue weighted by Gasteiger charge is -2.07. The number of amides is 1. The van der Waals surface area contributed by atoms with Crippen LogP contribution in [0.15, 0.2) is 72.9 Å². The van der Waals surface area contributed by atoms with Crippen molar-refractivity contribution < 1.29 is 9.53 Å². The highest BCUT2D eigenvalue weighted by Gasteiger charge is 2.14. The molecule has 3 rings (SSSR count). The second kappa shape index (κ2) is 5.96. The second-order valence-corrected chi connectivity index (χ2v) is 4.46. The summed E-state index contributed by atoms with van der Waals surface area (Å²) in [6.45, 7) is 0. The molecule has 0 bridgehead atoms. The summed E-state index contributed by atoms with van der Waals surface area (Å²) in [5.74, 6) is 0.886. The minimum atomic E-state index is -0.214. The third-order valence-electron chi connectivity index (χ3n) is 2.95. The van der Waals surface area contributed by atoms with Crippen molar-refractivity contribution in [2.24, 2.45) is 0 Å². The fraction of sp³-hybridized carbons (Fsp3) is 0. The predicted molar refractivity (Wildman–Crippen MR) is 81.7 cm³/mol. The molecule has 104 valence electrons. The molecular weight excluding hydrogens is 264 g/mol. The highest BCUT2D eigenvalue weighted by atomic mass is 16.5. The van der Waals surface area contributed by atoms with Gasteiger partial charge in [-0.2, -0.15) is 0 Å². The molecule has 1 aromatic heterocycles. The van der Waals surface area contributed by atoms with Gasteiger partial charge in [-0.15, -0.1) is 0 Å². The minimum Gasteiger partial charge on any atom is -0.440 e. The number of nitrogens with one attached hydrogen (secondary N) is 2. The third kappa shape index (κ3) is 3.12. The van der Waals surface area contributed by atoms with Gasteiger partial charge in [0, 0.05) is 11.9 Å². The summed E-state index contributed by atoms with van der Waals surface area (Å²) in [7, 11) is 0. The van der Waals surface area contributed by atoms with Crippen LogP contribution in [-0.4, -0.2) is 10.9 Å². The van der Waals surface area contributed by atoms with Gasteiger partial charge in [0.2, 0.25) is 5.88 Å². The molecule has 1 heterocycles. The highest BCUT2D eigenvalue weighted by Crippen LogP contribution is 2.24. The first-order valence-electron chi connectivity index (χ1n) is 6.59. The molecule has 0 aliphatic heterocycles. The maximum absolute atomic E-state index is 12.3. The summed E-state index contributed by atoms with van der Waals surface area (Å²) in [5.41, 5.74) is 1.21. The summed E-state index contributed by atoms with van der Waals surface area (Å²) in [6, 6.07) is 20.3. The first kappa shape index (κ1) is 13.0. The second-order valence-electron chi connectivity index (χ2n) is 4.46. The van der Waals surface area contributed by atoms with Crippen molar-refractivity contribution in [3.05, 3.63) is 78.5 Å². The Morgan fingerprint density at radius 1 is 0.905 bits per heavy atom. The topological polar surface area (TPSA) is 54.1 Å². The van der Waals surface area contributed by atoms with Gasteiger partial charge >= 0.3 is 0 Å². The van der Waals surface area contributed by atoms with Gasteiger partial charge in [-0.1, -0.05) is 36.4 Å². The first-order chi connectivity index (χ1) is 10.3. The van der Waals surface area contributed by atoms with E-state index in [4.69, 9.17) is 4.74 Å². The van der Waals surface area contributed by atoms with Crippen LogP contribution < -0.4 is 10.1 Å². The first-order valence-corrected chi connectivity index (χ1v) is 6.59. The monoisotopic (exact) mass is 278 g/mol. The summed E-state index contributed by atoms with van der Waals surface area (Å²) < 4.78 is 5.69. The smallest absolute Gasteiger partial charge is 0.261 e. The van der Waals surface area contributed by atoms with E-state index in [2.05, 4.69) is 10.3 Å². The molecule has 4 heteroatoms. The Balaban J connectivity index is 1.77. The van der Waals surface area contributed by atoms with E-state index in [1.165, 1.54) is 0 Å². The van der Waals surface area contributed by atoms with Gasteiger partial charge in [-0.05, 0) is 30.3 Å². The molecule has 0 aliphatic carbocycles. The van der Waals surface area contributed by atoms with Gasteiger partial charge in [0.15, 0.2) is 0 Å². The number of benzene rings is 2. The average molecular weight is 278 g/mol. The molecule has 0 unspecified atom stereocenters. The Morgan fingerprint density at radius 3 is 2.29 bits per heavy atom. The van der Waals surface area contributed by atoms with Crippen LogP contribution in [0.2, 0.25) is 0 Å². The van der Waals surface area contributed by atoms with E-state index in [1.54, 1.807) is 12.3 Å². The van der Waals surface area contributed by atoms with Gasteiger partial charge in [-0.3, -0.25) is 4.79 Å². The van der Waals surface area contributed by atoms with Gasteiger partial charge in [0.25, 0.3) is 5.91 Å². The molecule has 0 fully saturated rings. The predicted octanol–water partition coefficient (Wildman–Crippen LogP) is 4.06. The van der Waals surface area contributed by atoms with Gasteiger partial charge in [0.05, 0.1) is 0 Å². The van der Waals surface area contributed by atoms with Crippen LogP contribution in [0, 0.1) is 0 Å². The third-order valence-corrected chi connectivity index (χ3v) is 2.95. The quantitative estimate of drug-likeness (QED) is 0.756. The van der Waals surface area contributed by atoms with E-state index in [-0.39, 0.29) is 5.91 Å². The van der Waals surface area contributed by atoms with Crippen molar-refractivity contribution in [3.8, 4) is 11.6 Å². The number of hydrogen-bond donors (Lipinski definition) is 2. The molecule has 2 aromatic carbocycles. The average Bonchev–Trinajstić information content (AvgIpc) is 2.97. The molecule has 0 spiro atoms. The SMILES string of the molecule is O=C(Nc1ccccc1)c1cc[nH]c1Oc1ccccc1. The van der Waals surface area contributed by atoms with Crippen LogP contribution in [0.5, 0.6) is 11.6 Å². The van der Waals surface area contributed by atoms with Gasteiger partial charge in [0.1, 0.15) is 11.3 Å². The highest BCUT2D eigenvalue weighted by molar-refractivity contribution is 6.06. The lowest BCUT2D eigenvalue weighted by Crippen LogP contribution is -2.11. The van der Waals surface area contributed by atoms with E-state index < -0.39 is 0 Å². The lowest BCUT2D eigenvalue weighted by atomic mass is 10.2. The van der Waals surface area contributed by atoms with Gasteiger partial charge < -0.3 is 15.0 Å². The van der Waals surface area contributed by atoms with Gasteiger partial charge in [-0.25, -0.2) is 0 Å². The van der Waals surface area contributed by atoms with Crippen molar-refractivity contribution in [3.63, 3.8) is 0 Å². The molecule has 1 amide bonds. The van der Waals surface area contributed by atoms with E-state index in [0.29, 0.717) is 17.2 Å². The number of anilines is 1. The van der Waals surface area contributed by atoms with Crippen LogP contribution in [-0.2, 0) is 0 Å². The van der Waals surface area contributed by atoms with Crippen LogP contribution in [0.1, 0.15) is 10.4 Å². The Hall–Kier alpha value is -3.01. The largest absolute Gasteiger partial charge is 0.440 e. The molecule has 21 heavy (non-hydrogen) atoms. The Labute approximate surface area is 122 Å². The molecule has 0 radical (unpaired) electrons. The molecule has 0 saturated carbocycles. The molecule has 0 saturated heterocycles. The molecule has 0 aliphatic rings. The van der Waals surface area contributed by atoms with E-state index >= 15 is 0 Å². The van der Waals surface area contributed by atoms with Crippen molar-refractivity contribution in [1.82, 2.24) is 4.98 Å². The van der Waals surface area contributed by atoms with Crippen molar-refractivity contribution in [2.75, 3.05) is 5.32 Å². The fourth-order valence-corrected chi connectivity index (χ4v) is 1.94. The summed E-state index contributed by atoms with van der Waals surface area (Å²) >= 11 is 0. The Kier molecular flexibility index (Phi) is 3.69. The summed E-state index contributed by atoms with van der Waals surface area (Å²) in [6.07, 6.45) is 1.68. The maximum Gasteiger partial charge on any atom is 0.261 e. The summed E-state index contributed by atoms with van der Waals surface area (Å²) in [4.78, 5) is 15.2. The van der Waals surface area contributed by atoms with Crippen molar-refractivity contribution in [2.45, 2.75) is 0 Å². The zero-order chi connectivity index (χ0) is 14.5. The Bertz CT molecular complexity index is 721. The number of carbonyl (C=O) groups excluding carboxylic acids is 1. The van der Waals surface area contributed by atoms with Crippen LogP contribution in [0.3, 0.4) is 0 Å². The van der Waals surface area contributed by atoms with E-state index in [1.807, 2.05) is 60.7 Å². The van der Waals surface area contributed by atoms with Crippen molar-refractivity contribution >= 4 is 11.6 Å². The van der Waals surface area contributed by atoms with Crippen LogP contribution in [0.4, 0.5) is 5.69 Å². The zero-order valence-electron chi connectivity index (χ0n) is 11.2. The number of para-hydroxylation sites is 2. The number of aromatic nitrogens is 1. The van der Waals surface area contributed by atoms with Crippen LogP contribution >= 0.6 is 0 Å². The number of H-pyrrole nitrogens is 1. The standard InChI is InChI=1S/C17H14N2O2/c20-16(19-13-7-3-1-4-8-13)15-11-12-18-17(15)21-14-9-5-2-6-10-14/h1-12,18H,(H,19,20). The number of aromatic amines is 1. The van der Waals surface area contributed by atoms with E-state index in [0.717, 1.165) is 5.69 Å². The maximum atomic E-state index is 12.3. The normalized spacial score (nSPS) is 10.1. The Morgan fingerprint density at radius 2 is 1.57 bits per heavy atom. The molecule has 0 atom stereocenters. The van der Waals surface area contributed by atoms with Crippen LogP contribution in [0.25, 0.3) is 0 Å². The van der Waals surface area contributed by atoms with Crippen molar-refractivity contribution in [1.29, 1.82) is 0 Å². The molecule has 2 N–H and O–H groups in total. The molecule has 3 aromatic rings. The number of rotatable bonds is 4. The number of ether oxygens (including phenoxy) is 1. The fourth-order valence-electron chi connectivity index (χ4n) is 1.94. The lowest BCUT2D eigenvalue weighted by molar-refractivity contribution is 0.102. The minimum absolute atomic E-state index is 0.214.